The van der Waals surface area contributed by atoms with Gasteiger partial charge in [-0.05, 0) is 13.0 Å². The van der Waals surface area contributed by atoms with Gasteiger partial charge in [-0.15, -0.1) is 11.6 Å². The van der Waals surface area contributed by atoms with Gasteiger partial charge in [-0.25, -0.2) is 22.6 Å². The van der Waals surface area contributed by atoms with Crippen LogP contribution in [0.1, 0.15) is 13.2 Å². The molecule has 1 saturated heterocycles. The lowest BCUT2D eigenvalue weighted by molar-refractivity contribution is -0.0685. The van der Waals surface area contributed by atoms with Gasteiger partial charge in [0, 0.05) is 11.8 Å². The van der Waals surface area contributed by atoms with Crippen molar-refractivity contribution < 1.29 is 60.5 Å². The highest BCUT2D eigenvalue weighted by Crippen LogP contribution is 2.69. The van der Waals surface area contributed by atoms with Crippen molar-refractivity contribution in [3.8, 4) is 0 Å². The van der Waals surface area contributed by atoms with Crippen LogP contribution in [0.25, 0.3) is 0 Å². The third-order valence-corrected chi connectivity index (χ3v) is 8.94. The molecule has 2 rings (SSSR count). The second-order valence-electron chi connectivity index (χ2n) is 6.52. The first-order chi connectivity index (χ1) is 14.9. The van der Waals surface area contributed by atoms with Gasteiger partial charge >= 0.3 is 28.9 Å². The Balaban J connectivity index is 2.50. The van der Waals surface area contributed by atoms with Gasteiger partial charge in [-0.2, -0.15) is 13.7 Å². The van der Waals surface area contributed by atoms with Crippen LogP contribution in [0.15, 0.2) is 28.2 Å². The quantitative estimate of drug-likeness (QED) is 0.188. The van der Waals surface area contributed by atoms with Crippen molar-refractivity contribution in [1.29, 1.82) is 0 Å². The summed E-state index contributed by atoms with van der Waals surface area (Å²) in [6.45, 7) is 0.679. The molecule has 7 N–H and O–H groups in total. The van der Waals surface area contributed by atoms with E-state index >= 15 is 0 Å². The Morgan fingerprint density at radius 3 is 2.39 bits per heavy atom. The molecule has 6 atom stereocenters. The maximum Gasteiger partial charge on any atom is 0.488 e. The van der Waals surface area contributed by atoms with Crippen LogP contribution in [-0.2, 0) is 27.1 Å². The molecule has 0 saturated carbocycles. The number of nitrogen functional groups attached to an aromatic ring is 1. The number of nitrogens with two attached hydrogens (primary N) is 1. The zero-order chi connectivity index (χ0) is 25.6. The van der Waals surface area contributed by atoms with Gasteiger partial charge in [0.25, 0.3) is 0 Å². The normalized spacial score (nSPS) is 30.4. The minimum Gasteiger partial charge on any atom is -0.386 e. The minimum absolute atomic E-state index is 0.236. The van der Waals surface area contributed by atoms with Gasteiger partial charge < -0.3 is 35.2 Å². The van der Waals surface area contributed by atoms with Crippen LogP contribution < -0.4 is 11.4 Å². The van der Waals surface area contributed by atoms with Crippen molar-refractivity contribution in [2.24, 2.45) is 0 Å². The lowest BCUT2D eigenvalue weighted by Gasteiger charge is -2.31. The molecule has 15 nitrogen and oxygen atoms in total. The molecule has 0 radical (unpaired) electrons. The number of rotatable bonds is 8. The predicted molar refractivity (Wildman–Crippen MR) is 105 cm³/mol. The average molecular weight is 562 g/mol. The largest absolute Gasteiger partial charge is 0.488 e. The Bertz CT molecular complexity index is 1160. The molecule has 0 spiro atoms. The fraction of sp³-hybridized carbons (Fsp3) is 0.500. The Hall–Kier alpha value is -1.06. The molecule has 1 aliphatic rings. The van der Waals surface area contributed by atoms with E-state index in [2.05, 4.69) is 13.6 Å². The summed E-state index contributed by atoms with van der Waals surface area (Å²) in [5.74, 6) is -1.21. The summed E-state index contributed by atoms with van der Waals surface area (Å²) in [4.78, 5) is 51.4. The van der Waals surface area contributed by atoms with Gasteiger partial charge in [0.15, 0.2) is 12.4 Å². The first-order valence-corrected chi connectivity index (χ1v) is 13.4. The molecule has 0 bridgehead atoms. The lowest BCUT2D eigenvalue weighted by Crippen LogP contribution is -2.45. The van der Waals surface area contributed by atoms with E-state index in [0.29, 0.717) is 11.5 Å². The molecule has 0 aromatic carbocycles. The number of phosphoric acid groups is 2. The number of alkyl halides is 2. The van der Waals surface area contributed by atoms with Crippen LogP contribution in [0.4, 0.5) is 14.6 Å². The van der Waals surface area contributed by atoms with E-state index in [1.54, 1.807) is 0 Å². The summed E-state index contributed by atoms with van der Waals surface area (Å²) < 4.78 is 76.9. The first-order valence-electron chi connectivity index (χ1n) is 8.29. The maximum atomic E-state index is 14.9. The Morgan fingerprint density at radius 1 is 1.33 bits per heavy atom. The lowest BCUT2D eigenvalue weighted by atomic mass is 9.91. The number of aliphatic hydroxyl groups is 1. The highest BCUT2D eigenvalue weighted by molar-refractivity contribution is 7.69. The zero-order valence-corrected chi connectivity index (χ0v) is 19.6. The third-order valence-electron chi connectivity index (χ3n) is 4.32. The Morgan fingerprint density at radius 2 is 1.91 bits per heavy atom. The highest BCUT2D eigenvalue weighted by Gasteiger charge is 2.59. The molecule has 188 valence electrons. The van der Waals surface area contributed by atoms with Gasteiger partial charge in [0.05, 0.1) is 5.88 Å². The third kappa shape index (κ3) is 5.96. The van der Waals surface area contributed by atoms with E-state index in [-0.39, 0.29) is 5.82 Å². The molecule has 0 aliphatic carbocycles. The van der Waals surface area contributed by atoms with Gasteiger partial charge in [-0.1, -0.05) is 0 Å². The zero-order valence-electron chi connectivity index (χ0n) is 16.1. The molecule has 1 fully saturated rings. The van der Waals surface area contributed by atoms with E-state index in [9.17, 15) is 42.2 Å². The van der Waals surface area contributed by atoms with Crippen LogP contribution >= 0.6 is 34.8 Å². The van der Waals surface area contributed by atoms with Crippen LogP contribution in [0.2, 0.25) is 0 Å². The van der Waals surface area contributed by atoms with Crippen molar-refractivity contribution in [1.82, 2.24) is 9.55 Å². The number of halogens is 3. The van der Waals surface area contributed by atoms with Gasteiger partial charge in [0.2, 0.25) is 5.57 Å². The van der Waals surface area contributed by atoms with Gasteiger partial charge in [0.1, 0.15) is 17.5 Å². The number of aromatic nitrogens is 2. The van der Waals surface area contributed by atoms with Crippen LogP contribution in [0.3, 0.4) is 0 Å². The predicted octanol–water partition coefficient (Wildman–Crippen LogP) is 0.644. The number of hydrogen-bond acceptors (Lipinski definition) is 10. The molecule has 1 aliphatic heterocycles. The molecular formula is C12H17ClF2N3O12P3. The van der Waals surface area contributed by atoms with E-state index in [0.717, 1.165) is 12.3 Å². The summed E-state index contributed by atoms with van der Waals surface area (Å²) in [7, 11) is -17.8. The van der Waals surface area contributed by atoms with E-state index in [1.807, 2.05) is 0 Å². The van der Waals surface area contributed by atoms with Crippen molar-refractivity contribution in [3.63, 3.8) is 0 Å². The summed E-state index contributed by atoms with van der Waals surface area (Å²) >= 11 is 5.73. The topological polar surface area (TPSA) is 241 Å². The standard InChI is InChI=1S/C12H17ClF2N3O12P3/c1-5(9(15)31(21,22)29-33(26,27)30-32(23,24)25)12(4-13)8(19)7(14)10(28-12)18-3-2-6(16)17-11(18)20/h2-3,7-8,10,19H,4H2,1H3,(H,21,22)(H,26,27)(H2,16,17,20)(H2,23,24,25)/b9-5-/t7-,8+,10-,12-/m1/s1. The fourth-order valence-corrected chi connectivity index (χ4v) is 6.73. The Labute approximate surface area is 187 Å². The first kappa shape index (κ1) is 28.2. The number of nitrogens with zero attached hydrogens (tertiary/aromatic N) is 2. The average Bonchev–Trinajstić information content (AvgIpc) is 2.89. The van der Waals surface area contributed by atoms with Crippen LogP contribution in [-0.4, -0.2) is 58.0 Å². The summed E-state index contributed by atoms with van der Waals surface area (Å²) in [6.07, 6.45) is -5.86. The second-order valence-corrected chi connectivity index (χ2v) is 11.4. The molecule has 33 heavy (non-hydrogen) atoms. The van der Waals surface area contributed by atoms with Crippen molar-refractivity contribution in [2.45, 2.75) is 31.0 Å². The van der Waals surface area contributed by atoms with Crippen LogP contribution in [0.5, 0.6) is 0 Å². The monoisotopic (exact) mass is 561 g/mol. The summed E-state index contributed by atoms with van der Waals surface area (Å²) in [5.41, 5.74) is -1.82. The minimum atomic E-state index is -6.05. The molecule has 0 amide bonds. The van der Waals surface area contributed by atoms with Crippen LogP contribution in [0, 0.1) is 0 Å². The summed E-state index contributed by atoms with van der Waals surface area (Å²) in [6, 6.07) is 1.07. The fourth-order valence-electron chi connectivity index (χ4n) is 2.83. The van der Waals surface area contributed by atoms with E-state index < -0.39 is 70.1 Å². The highest BCUT2D eigenvalue weighted by atomic mass is 35.5. The number of anilines is 1. The van der Waals surface area contributed by atoms with Crippen molar-refractivity contribution >= 4 is 40.7 Å². The second kappa shape index (κ2) is 9.53. The van der Waals surface area contributed by atoms with Crippen molar-refractivity contribution in [3.05, 3.63) is 33.9 Å². The molecule has 21 heteroatoms. The summed E-state index contributed by atoms with van der Waals surface area (Å²) in [5, 5.41) is 10.4. The molecule has 1 aromatic rings. The van der Waals surface area contributed by atoms with E-state index in [1.165, 1.54) is 0 Å². The smallest absolute Gasteiger partial charge is 0.386 e. The van der Waals surface area contributed by atoms with E-state index in [4.69, 9.17) is 31.9 Å². The molecule has 2 heterocycles. The Kier molecular flexibility index (Phi) is 8.14. The number of aliphatic hydroxyl groups excluding tert-OH is 1. The SMILES string of the molecule is C/C(=C(\F)P(=O)(O)OP(=O)(O)OP(=O)(O)O)[C@@]1(CCl)O[C@@H](n2ccc(N)nc2=O)[C@H](F)[C@@H]1O. The number of ether oxygens (including phenoxy) is 1. The van der Waals surface area contributed by atoms with Gasteiger partial charge in [-0.3, -0.25) is 9.13 Å². The molecular weight excluding hydrogens is 545 g/mol. The number of hydrogen-bond donors (Lipinski definition) is 6. The molecule has 1 aromatic heterocycles. The molecule has 2 unspecified atom stereocenters. The maximum absolute atomic E-state index is 14.9. The van der Waals surface area contributed by atoms with Crippen molar-refractivity contribution in [2.75, 3.05) is 11.6 Å².